The van der Waals surface area contributed by atoms with Gasteiger partial charge in [-0.15, -0.1) is 0 Å². The third kappa shape index (κ3) is 4.47. The van der Waals surface area contributed by atoms with Gasteiger partial charge in [-0.3, -0.25) is 4.99 Å². The standard InChI is InChI=1S/C19H26N4O2/c1-20-19(21-9-8-17-7-4-14-25-17)23-12-10-22(11-13-23)16-5-3-6-18(15-16)24-2/h3-7,14-15H,8-13H2,1-2H3,(H,20,21). The highest BCUT2D eigenvalue weighted by Crippen LogP contribution is 2.22. The summed E-state index contributed by atoms with van der Waals surface area (Å²) in [4.78, 5) is 9.11. The first kappa shape index (κ1) is 17.2. The molecule has 2 heterocycles. The number of methoxy groups -OCH3 is 1. The van der Waals surface area contributed by atoms with E-state index in [0.29, 0.717) is 0 Å². The van der Waals surface area contributed by atoms with Gasteiger partial charge in [0.25, 0.3) is 0 Å². The Kier molecular flexibility index (Phi) is 5.82. The van der Waals surface area contributed by atoms with E-state index in [0.717, 1.165) is 56.6 Å². The molecule has 0 atom stereocenters. The van der Waals surface area contributed by atoms with Crippen LogP contribution in [0.1, 0.15) is 5.76 Å². The highest BCUT2D eigenvalue weighted by atomic mass is 16.5. The highest BCUT2D eigenvalue weighted by molar-refractivity contribution is 5.80. The fourth-order valence-electron chi connectivity index (χ4n) is 3.07. The minimum absolute atomic E-state index is 0.816. The number of anilines is 1. The molecule has 6 heteroatoms. The summed E-state index contributed by atoms with van der Waals surface area (Å²) in [5.41, 5.74) is 1.21. The third-order valence-corrected chi connectivity index (χ3v) is 4.44. The second-order valence-electron chi connectivity index (χ2n) is 5.98. The molecule has 6 nitrogen and oxygen atoms in total. The first-order valence-electron chi connectivity index (χ1n) is 8.67. The van der Waals surface area contributed by atoms with Gasteiger partial charge in [-0.05, 0) is 24.3 Å². The molecule has 3 rings (SSSR count). The van der Waals surface area contributed by atoms with Crippen molar-refractivity contribution in [2.24, 2.45) is 4.99 Å². The molecule has 1 aliphatic rings. The number of ether oxygens (including phenoxy) is 1. The lowest BCUT2D eigenvalue weighted by molar-refractivity contribution is 0.371. The predicted molar refractivity (Wildman–Crippen MR) is 101 cm³/mol. The maximum Gasteiger partial charge on any atom is 0.193 e. The molecular weight excluding hydrogens is 316 g/mol. The zero-order valence-electron chi connectivity index (χ0n) is 14.9. The molecule has 0 aliphatic carbocycles. The summed E-state index contributed by atoms with van der Waals surface area (Å²) >= 11 is 0. The highest BCUT2D eigenvalue weighted by Gasteiger charge is 2.20. The lowest BCUT2D eigenvalue weighted by Gasteiger charge is -2.37. The van der Waals surface area contributed by atoms with Gasteiger partial charge in [0.05, 0.1) is 13.4 Å². The fourth-order valence-corrected chi connectivity index (χ4v) is 3.07. The first-order chi connectivity index (χ1) is 12.3. The summed E-state index contributed by atoms with van der Waals surface area (Å²) in [6, 6.07) is 12.2. The number of benzene rings is 1. The Morgan fingerprint density at radius 1 is 1.20 bits per heavy atom. The van der Waals surface area contributed by atoms with E-state index in [9.17, 15) is 0 Å². The Hall–Kier alpha value is -2.63. The van der Waals surface area contributed by atoms with Crippen molar-refractivity contribution < 1.29 is 9.15 Å². The van der Waals surface area contributed by atoms with Crippen LogP contribution in [0.5, 0.6) is 5.75 Å². The number of guanidine groups is 1. The molecule has 0 saturated carbocycles. The normalized spacial score (nSPS) is 15.4. The first-order valence-corrected chi connectivity index (χ1v) is 8.67. The smallest absolute Gasteiger partial charge is 0.193 e. The van der Waals surface area contributed by atoms with Gasteiger partial charge in [-0.2, -0.15) is 0 Å². The Morgan fingerprint density at radius 2 is 2.04 bits per heavy atom. The van der Waals surface area contributed by atoms with Crippen molar-refractivity contribution >= 4 is 11.6 Å². The predicted octanol–water partition coefficient (Wildman–Crippen LogP) is 2.23. The summed E-state index contributed by atoms with van der Waals surface area (Å²) in [7, 11) is 3.54. The summed E-state index contributed by atoms with van der Waals surface area (Å²) < 4.78 is 10.7. The molecular formula is C19H26N4O2. The molecule has 0 unspecified atom stereocenters. The number of nitrogens with zero attached hydrogens (tertiary/aromatic N) is 3. The summed E-state index contributed by atoms with van der Waals surface area (Å²) in [5, 5.41) is 3.43. The van der Waals surface area contributed by atoms with Crippen molar-refractivity contribution in [1.29, 1.82) is 0 Å². The van der Waals surface area contributed by atoms with E-state index < -0.39 is 0 Å². The molecule has 25 heavy (non-hydrogen) atoms. The quantitative estimate of drug-likeness (QED) is 0.667. The van der Waals surface area contributed by atoms with E-state index in [4.69, 9.17) is 9.15 Å². The van der Waals surface area contributed by atoms with Gasteiger partial charge >= 0.3 is 0 Å². The van der Waals surface area contributed by atoms with E-state index in [1.165, 1.54) is 5.69 Å². The number of hydrogen-bond acceptors (Lipinski definition) is 4. The van der Waals surface area contributed by atoms with Gasteiger partial charge in [0.15, 0.2) is 5.96 Å². The van der Waals surface area contributed by atoms with Crippen LogP contribution in [0, 0.1) is 0 Å². The van der Waals surface area contributed by atoms with Crippen LogP contribution >= 0.6 is 0 Å². The van der Waals surface area contributed by atoms with Gasteiger partial charge in [0, 0.05) is 57.9 Å². The zero-order valence-corrected chi connectivity index (χ0v) is 14.9. The van der Waals surface area contributed by atoms with Crippen molar-refractivity contribution in [2.75, 3.05) is 51.8 Å². The summed E-state index contributed by atoms with van der Waals surface area (Å²) in [6.07, 6.45) is 2.57. The molecule has 0 radical (unpaired) electrons. The van der Waals surface area contributed by atoms with Crippen LogP contribution in [0.3, 0.4) is 0 Å². The van der Waals surface area contributed by atoms with Crippen molar-refractivity contribution in [2.45, 2.75) is 6.42 Å². The maximum absolute atomic E-state index is 5.37. The number of furan rings is 1. The van der Waals surface area contributed by atoms with Gasteiger partial charge in [0.2, 0.25) is 0 Å². The molecule has 1 aromatic carbocycles. The second-order valence-corrected chi connectivity index (χ2v) is 5.98. The minimum atomic E-state index is 0.816. The van der Waals surface area contributed by atoms with E-state index >= 15 is 0 Å². The van der Waals surface area contributed by atoms with Crippen LogP contribution < -0.4 is 15.0 Å². The molecule has 1 N–H and O–H groups in total. The second kappa shape index (κ2) is 8.46. The molecule has 0 bridgehead atoms. The molecule has 0 spiro atoms. The van der Waals surface area contributed by atoms with Crippen LogP contribution in [0.25, 0.3) is 0 Å². The van der Waals surface area contributed by atoms with Crippen molar-refractivity contribution in [3.63, 3.8) is 0 Å². The van der Waals surface area contributed by atoms with Crippen LogP contribution in [0.2, 0.25) is 0 Å². The lowest BCUT2D eigenvalue weighted by Crippen LogP contribution is -2.52. The van der Waals surface area contributed by atoms with E-state index in [1.54, 1.807) is 13.4 Å². The molecule has 1 saturated heterocycles. The minimum Gasteiger partial charge on any atom is -0.497 e. The molecule has 1 fully saturated rings. The lowest BCUT2D eigenvalue weighted by atomic mass is 10.2. The molecule has 1 aliphatic heterocycles. The third-order valence-electron chi connectivity index (χ3n) is 4.44. The molecule has 2 aromatic rings. The molecule has 134 valence electrons. The van der Waals surface area contributed by atoms with Crippen LogP contribution in [-0.2, 0) is 6.42 Å². The average Bonchev–Trinajstić information content (AvgIpc) is 3.19. The number of aliphatic imine (C=N–C) groups is 1. The molecule has 1 aromatic heterocycles. The Bertz CT molecular complexity index is 676. The van der Waals surface area contributed by atoms with Gasteiger partial charge in [0.1, 0.15) is 11.5 Å². The van der Waals surface area contributed by atoms with Crippen molar-refractivity contribution in [1.82, 2.24) is 10.2 Å². The average molecular weight is 342 g/mol. The Labute approximate surface area is 149 Å². The molecule has 0 amide bonds. The maximum atomic E-state index is 5.37. The number of piperazine rings is 1. The van der Waals surface area contributed by atoms with Crippen LogP contribution in [0.15, 0.2) is 52.1 Å². The number of rotatable bonds is 5. The van der Waals surface area contributed by atoms with E-state index in [2.05, 4.69) is 32.2 Å². The van der Waals surface area contributed by atoms with Gasteiger partial charge in [-0.25, -0.2) is 0 Å². The zero-order chi connectivity index (χ0) is 17.5. The van der Waals surface area contributed by atoms with E-state index in [1.807, 2.05) is 31.3 Å². The summed E-state index contributed by atoms with van der Waals surface area (Å²) in [6.45, 7) is 4.63. The Morgan fingerprint density at radius 3 is 2.72 bits per heavy atom. The van der Waals surface area contributed by atoms with Crippen molar-refractivity contribution in [3.8, 4) is 5.75 Å². The Balaban J connectivity index is 1.49. The largest absolute Gasteiger partial charge is 0.497 e. The van der Waals surface area contributed by atoms with E-state index in [-0.39, 0.29) is 0 Å². The van der Waals surface area contributed by atoms with Crippen LogP contribution in [0.4, 0.5) is 5.69 Å². The van der Waals surface area contributed by atoms with Crippen LogP contribution in [-0.4, -0.2) is 57.7 Å². The number of hydrogen-bond donors (Lipinski definition) is 1. The fraction of sp³-hybridized carbons (Fsp3) is 0.421. The monoisotopic (exact) mass is 342 g/mol. The van der Waals surface area contributed by atoms with Crippen molar-refractivity contribution in [3.05, 3.63) is 48.4 Å². The van der Waals surface area contributed by atoms with Gasteiger partial charge < -0.3 is 24.3 Å². The number of nitrogens with one attached hydrogen (secondary N) is 1. The SMILES string of the molecule is CN=C(NCCc1ccco1)N1CCN(c2cccc(OC)c2)CC1. The topological polar surface area (TPSA) is 53.2 Å². The van der Waals surface area contributed by atoms with Gasteiger partial charge in [-0.1, -0.05) is 6.07 Å². The summed E-state index contributed by atoms with van der Waals surface area (Å²) in [5.74, 6) is 2.85.